The van der Waals surface area contributed by atoms with Crippen LogP contribution in [0.25, 0.3) is 0 Å². The van der Waals surface area contributed by atoms with E-state index in [2.05, 4.69) is 26.1 Å². The third kappa shape index (κ3) is 2.36. The first-order valence-electron chi connectivity index (χ1n) is 6.34. The van der Waals surface area contributed by atoms with E-state index < -0.39 is 11.7 Å². The summed E-state index contributed by atoms with van der Waals surface area (Å²) in [7, 11) is 0. The summed E-state index contributed by atoms with van der Waals surface area (Å²) in [5.74, 6) is 0. The van der Waals surface area contributed by atoms with Gasteiger partial charge in [-0.05, 0) is 46.5 Å². The number of nitrogens with one attached hydrogen (secondary N) is 1. The summed E-state index contributed by atoms with van der Waals surface area (Å²) in [6, 6.07) is 2.91. The summed E-state index contributed by atoms with van der Waals surface area (Å²) < 4.78 is 39.0. The molecule has 0 amide bonds. The number of nitrogens with zero attached hydrogens (tertiary/aromatic N) is 1. The number of rotatable bonds is 1. The van der Waals surface area contributed by atoms with E-state index in [1.807, 2.05) is 0 Å². The minimum atomic E-state index is -4.28. The standard InChI is InChI=1S/C13H14BrF3N2/c14-11-5-9(13(15,16)17)4-8-2-1-3-19(12(8)11)10-6-18-7-10/h4-5,10,18H,1-3,6-7H2. The summed E-state index contributed by atoms with van der Waals surface area (Å²) in [4.78, 5) is 2.24. The van der Waals surface area contributed by atoms with Crippen LogP contribution in [0.1, 0.15) is 17.5 Å². The molecule has 1 aromatic rings. The van der Waals surface area contributed by atoms with Crippen molar-refractivity contribution in [2.75, 3.05) is 24.5 Å². The van der Waals surface area contributed by atoms with E-state index in [0.29, 0.717) is 16.9 Å². The molecule has 1 saturated heterocycles. The zero-order valence-electron chi connectivity index (χ0n) is 10.2. The third-order valence-electron chi connectivity index (χ3n) is 3.80. The lowest BCUT2D eigenvalue weighted by atomic mass is 9.96. The van der Waals surface area contributed by atoms with Gasteiger partial charge in [0, 0.05) is 24.1 Å². The van der Waals surface area contributed by atoms with Gasteiger partial charge in [0.25, 0.3) is 0 Å². The molecule has 0 aliphatic carbocycles. The minimum absolute atomic E-state index is 0.409. The molecule has 2 heterocycles. The second-order valence-electron chi connectivity index (χ2n) is 5.07. The fourth-order valence-corrected chi connectivity index (χ4v) is 3.47. The molecule has 0 unspecified atom stereocenters. The minimum Gasteiger partial charge on any atom is -0.365 e. The predicted molar refractivity (Wildman–Crippen MR) is 71.5 cm³/mol. The van der Waals surface area contributed by atoms with Crippen molar-refractivity contribution >= 4 is 21.6 Å². The van der Waals surface area contributed by atoms with Crippen molar-refractivity contribution in [1.29, 1.82) is 0 Å². The first kappa shape index (κ1) is 13.2. The average molecular weight is 335 g/mol. The summed E-state index contributed by atoms with van der Waals surface area (Å²) in [5, 5.41) is 3.21. The van der Waals surface area contributed by atoms with Crippen molar-refractivity contribution in [1.82, 2.24) is 5.32 Å². The van der Waals surface area contributed by atoms with Crippen LogP contribution in [0.3, 0.4) is 0 Å². The highest BCUT2D eigenvalue weighted by molar-refractivity contribution is 9.10. The first-order valence-corrected chi connectivity index (χ1v) is 7.13. The Morgan fingerprint density at radius 1 is 1.26 bits per heavy atom. The van der Waals surface area contributed by atoms with Crippen LogP contribution in [0.15, 0.2) is 16.6 Å². The van der Waals surface area contributed by atoms with E-state index in [4.69, 9.17) is 0 Å². The van der Waals surface area contributed by atoms with Crippen molar-refractivity contribution < 1.29 is 13.2 Å². The Kier molecular flexibility index (Phi) is 3.25. The van der Waals surface area contributed by atoms with Gasteiger partial charge in [-0.1, -0.05) is 0 Å². The maximum absolute atomic E-state index is 12.8. The Morgan fingerprint density at radius 2 is 2.00 bits per heavy atom. The van der Waals surface area contributed by atoms with E-state index in [1.165, 1.54) is 12.1 Å². The van der Waals surface area contributed by atoms with Gasteiger partial charge >= 0.3 is 6.18 Å². The molecule has 1 aromatic carbocycles. The van der Waals surface area contributed by atoms with Crippen LogP contribution in [-0.4, -0.2) is 25.7 Å². The van der Waals surface area contributed by atoms with Crippen molar-refractivity contribution in [3.05, 3.63) is 27.7 Å². The molecule has 0 saturated carbocycles. The second kappa shape index (κ2) is 4.66. The first-order chi connectivity index (χ1) is 8.97. The number of halogens is 4. The number of benzene rings is 1. The fraction of sp³-hybridized carbons (Fsp3) is 0.538. The molecule has 0 aromatic heterocycles. The molecule has 2 nitrogen and oxygen atoms in total. The molecule has 0 bridgehead atoms. The molecule has 2 aliphatic heterocycles. The van der Waals surface area contributed by atoms with Gasteiger partial charge < -0.3 is 10.2 Å². The van der Waals surface area contributed by atoms with Crippen molar-refractivity contribution in [2.24, 2.45) is 0 Å². The van der Waals surface area contributed by atoms with Gasteiger partial charge in [0.1, 0.15) is 0 Å². The lowest BCUT2D eigenvalue weighted by Crippen LogP contribution is -2.58. The number of aryl methyl sites for hydroxylation is 1. The molecule has 0 spiro atoms. The quantitative estimate of drug-likeness (QED) is 0.848. The second-order valence-corrected chi connectivity index (χ2v) is 5.93. The largest absolute Gasteiger partial charge is 0.416 e. The van der Waals surface area contributed by atoms with Gasteiger partial charge in [-0.3, -0.25) is 0 Å². The van der Waals surface area contributed by atoms with Crippen LogP contribution in [0.4, 0.5) is 18.9 Å². The molecular weight excluding hydrogens is 321 g/mol. The van der Waals surface area contributed by atoms with Gasteiger partial charge in [-0.25, -0.2) is 0 Å². The molecule has 104 valence electrons. The molecule has 6 heteroatoms. The summed E-state index contributed by atoms with van der Waals surface area (Å²) in [6.07, 6.45) is -2.65. The van der Waals surface area contributed by atoms with Crippen LogP contribution < -0.4 is 10.2 Å². The van der Waals surface area contributed by atoms with E-state index in [1.54, 1.807) is 0 Å². The highest BCUT2D eigenvalue weighted by Gasteiger charge is 2.35. The Labute approximate surface area is 118 Å². The molecule has 0 radical (unpaired) electrons. The topological polar surface area (TPSA) is 15.3 Å². The van der Waals surface area contributed by atoms with Crippen LogP contribution in [0.2, 0.25) is 0 Å². The van der Waals surface area contributed by atoms with Crippen LogP contribution in [0.5, 0.6) is 0 Å². The molecule has 1 N–H and O–H groups in total. The third-order valence-corrected chi connectivity index (χ3v) is 4.41. The number of fused-ring (bicyclic) bond motifs is 1. The fourth-order valence-electron chi connectivity index (χ4n) is 2.74. The maximum atomic E-state index is 12.8. The smallest absolute Gasteiger partial charge is 0.365 e. The maximum Gasteiger partial charge on any atom is 0.416 e. The highest BCUT2D eigenvalue weighted by atomic mass is 79.9. The van der Waals surface area contributed by atoms with Gasteiger partial charge in [-0.15, -0.1) is 0 Å². The molecule has 0 atom stereocenters. The lowest BCUT2D eigenvalue weighted by molar-refractivity contribution is -0.137. The zero-order valence-corrected chi connectivity index (χ0v) is 11.8. The van der Waals surface area contributed by atoms with Crippen molar-refractivity contribution in [3.8, 4) is 0 Å². The summed E-state index contributed by atoms with van der Waals surface area (Å²) in [5.41, 5.74) is 1.19. The van der Waals surface area contributed by atoms with Crippen molar-refractivity contribution in [2.45, 2.75) is 25.1 Å². The molecule has 3 rings (SSSR count). The molecule has 2 aliphatic rings. The van der Waals surface area contributed by atoms with E-state index in [9.17, 15) is 13.2 Å². The number of anilines is 1. The van der Waals surface area contributed by atoms with E-state index >= 15 is 0 Å². The number of hydrogen-bond donors (Lipinski definition) is 1. The SMILES string of the molecule is FC(F)(F)c1cc(Br)c2c(c1)CCCN2C1CNC1. The zero-order chi connectivity index (χ0) is 13.6. The molecular formula is C13H14BrF3N2. The predicted octanol–water partition coefficient (Wildman–Crippen LogP) is 3.19. The highest BCUT2D eigenvalue weighted by Crippen LogP contribution is 2.41. The Balaban J connectivity index is 2.02. The van der Waals surface area contributed by atoms with Gasteiger partial charge in [0.05, 0.1) is 17.3 Å². The molecule has 19 heavy (non-hydrogen) atoms. The van der Waals surface area contributed by atoms with Crippen molar-refractivity contribution in [3.63, 3.8) is 0 Å². The van der Waals surface area contributed by atoms with Gasteiger partial charge in [-0.2, -0.15) is 13.2 Å². The number of hydrogen-bond acceptors (Lipinski definition) is 2. The lowest BCUT2D eigenvalue weighted by Gasteiger charge is -2.43. The summed E-state index contributed by atoms with van der Waals surface area (Å²) in [6.45, 7) is 2.74. The summed E-state index contributed by atoms with van der Waals surface area (Å²) >= 11 is 3.33. The average Bonchev–Trinajstić information content (AvgIpc) is 2.25. The number of alkyl halides is 3. The normalized spacial score (nSPS) is 20.1. The van der Waals surface area contributed by atoms with Crippen LogP contribution in [0, 0.1) is 0 Å². The van der Waals surface area contributed by atoms with Crippen LogP contribution >= 0.6 is 15.9 Å². The Hall–Kier alpha value is -0.750. The van der Waals surface area contributed by atoms with Gasteiger partial charge in [0.15, 0.2) is 0 Å². The van der Waals surface area contributed by atoms with Crippen LogP contribution in [-0.2, 0) is 12.6 Å². The Bertz CT molecular complexity index is 497. The monoisotopic (exact) mass is 334 g/mol. The Morgan fingerprint density at radius 3 is 2.58 bits per heavy atom. The van der Waals surface area contributed by atoms with E-state index in [-0.39, 0.29) is 0 Å². The van der Waals surface area contributed by atoms with Gasteiger partial charge in [0.2, 0.25) is 0 Å². The molecule has 1 fully saturated rings. The van der Waals surface area contributed by atoms with E-state index in [0.717, 1.165) is 37.3 Å².